The minimum atomic E-state index is -0.579. The summed E-state index contributed by atoms with van der Waals surface area (Å²) in [6, 6.07) is 17.0. The van der Waals surface area contributed by atoms with E-state index in [0.717, 1.165) is 0 Å². The van der Waals surface area contributed by atoms with Gasteiger partial charge in [-0.1, -0.05) is 42.8 Å². The lowest BCUT2D eigenvalue weighted by atomic mass is 10.1. The summed E-state index contributed by atoms with van der Waals surface area (Å²) in [5.74, 6) is 1.15. The molecule has 0 bridgehead atoms. The number of methoxy groups -OCH3 is 2. The van der Waals surface area contributed by atoms with Crippen LogP contribution < -0.4 is 15.0 Å². The van der Waals surface area contributed by atoms with Gasteiger partial charge in [0, 0.05) is 18.7 Å². The molecule has 4 aromatic rings. The minimum Gasteiger partial charge on any atom is -0.497 e. The van der Waals surface area contributed by atoms with Gasteiger partial charge in [0.1, 0.15) is 17.3 Å². The summed E-state index contributed by atoms with van der Waals surface area (Å²) in [6.07, 6.45) is 0.703. The quantitative estimate of drug-likeness (QED) is 0.239. The monoisotopic (exact) mass is 583 g/mol. The van der Waals surface area contributed by atoms with Crippen molar-refractivity contribution in [2.75, 3.05) is 20.8 Å². The molecule has 1 heterocycles. The number of amides is 1. The fraction of sp³-hybridized carbons (Fsp3) is 0.250. The van der Waals surface area contributed by atoms with Crippen LogP contribution in [0.1, 0.15) is 42.5 Å². The number of benzene rings is 3. The number of rotatable bonds is 8. The Hall–Kier alpha value is -3.36. The van der Waals surface area contributed by atoms with Crippen LogP contribution in [-0.4, -0.2) is 41.1 Å². The van der Waals surface area contributed by atoms with Crippen LogP contribution >= 0.6 is 27.5 Å². The van der Waals surface area contributed by atoms with E-state index in [0.29, 0.717) is 61.9 Å². The van der Waals surface area contributed by atoms with Crippen LogP contribution in [0.2, 0.25) is 5.02 Å². The molecule has 0 N–H and O–H groups in total. The molecule has 192 valence electrons. The van der Waals surface area contributed by atoms with Crippen molar-refractivity contribution >= 4 is 44.3 Å². The molecule has 0 fully saturated rings. The lowest BCUT2D eigenvalue weighted by Crippen LogP contribution is -2.38. The average Bonchev–Trinajstić information content (AvgIpc) is 2.91. The molecule has 1 amide bonds. The highest BCUT2D eigenvalue weighted by Gasteiger charge is 2.29. The van der Waals surface area contributed by atoms with E-state index in [9.17, 15) is 9.59 Å². The van der Waals surface area contributed by atoms with Crippen LogP contribution in [0.25, 0.3) is 16.6 Å². The van der Waals surface area contributed by atoms with Gasteiger partial charge in [-0.05, 0) is 53.5 Å². The van der Waals surface area contributed by atoms with Gasteiger partial charge in [0.25, 0.3) is 11.5 Å². The van der Waals surface area contributed by atoms with Crippen molar-refractivity contribution in [2.24, 2.45) is 0 Å². The predicted octanol–water partition coefficient (Wildman–Crippen LogP) is 6.43. The second-order valence-corrected chi connectivity index (χ2v) is 9.65. The Labute approximate surface area is 228 Å². The van der Waals surface area contributed by atoms with Gasteiger partial charge in [0.15, 0.2) is 0 Å². The molecule has 1 aromatic heterocycles. The molecule has 1 unspecified atom stereocenters. The average molecular weight is 585 g/mol. The highest BCUT2D eigenvalue weighted by Crippen LogP contribution is 2.37. The third-order valence-electron chi connectivity index (χ3n) is 6.16. The van der Waals surface area contributed by atoms with E-state index in [2.05, 4.69) is 15.9 Å². The van der Waals surface area contributed by atoms with Crippen LogP contribution in [-0.2, 0) is 0 Å². The van der Waals surface area contributed by atoms with Crippen molar-refractivity contribution < 1.29 is 14.3 Å². The highest BCUT2D eigenvalue weighted by molar-refractivity contribution is 9.10. The van der Waals surface area contributed by atoms with Crippen LogP contribution in [0.3, 0.4) is 0 Å². The molecule has 7 nitrogen and oxygen atoms in total. The molecule has 0 saturated carbocycles. The summed E-state index contributed by atoms with van der Waals surface area (Å²) >= 11 is 9.98. The van der Waals surface area contributed by atoms with Crippen LogP contribution in [0.5, 0.6) is 11.5 Å². The van der Waals surface area contributed by atoms with E-state index in [1.807, 2.05) is 19.9 Å². The number of hydrogen-bond acceptors (Lipinski definition) is 5. The van der Waals surface area contributed by atoms with Gasteiger partial charge < -0.3 is 14.4 Å². The van der Waals surface area contributed by atoms with E-state index in [1.54, 1.807) is 73.7 Å². The molecule has 0 aliphatic heterocycles. The first kappa shape index (κ1) is 26.7. The molecule has 0 spiro atoms. The SMILES string of the molecule is CCCN(C(=O)c1ccccc1Cl)C(C)c1nc2ccccc2c(=O)n1-c1cc(OC)cc(OC)c1Br. The Morgan fingerprint density at radius 3 is 2.49 bits per heavy atom. The number of carbonyl (C=O) groups excluding carboxylic acids is 1. The number of hydrogen-bond donors (Lipinski definition) is 0. The standard InChI is InChI=1S/C28H27BrClN3O4/c1-5-14-32(27(34)19-10-6-8-12-21(19)30)17(2)26-31-22-13-9-7-11-20(22)28(35)33(26)23-15-18(36-3)16-24(37-4)25(23)29/h6-13,15-17H,5,14H2,1-4H3. The summed E-state index contributed by atoms with van der Waals surface area (Å²) in [6.45, 7) is 4.29. The molecule has 0 aliphatic carbocycles. The molecule has 0 saturated heterocycles. The largest absolute Gasteiger partial charge is 0.497 e. The molecule has 37 heavy (non-hydrogen) atoms. The van der Waals surface area contributed by atoms with Crippen molar-refractivity contribution in [3.63, 3.8) is 0 Å². The maximum Gasteiger partial charge on any atom is 0.266 e. The number of carbonyl (C=O) groups is 1. The lowest BCUT2D eigenvalue weighted by molar-refractivity contribution is 0.0681. The van der Waals surface area contributed by atoms with Gasteiger partial charge in [-0.3, -0.25) is 14.2 Å². The zero-order chi connectivity index (χ0) is 26.7. The van der Waals surface area contributed by atoms with E-state index in [4.69, 9.17) is 26.1 Å². The summed E-state index contributed by atoms with van der Waals surface area (Å²) in [7, 11) is 3.09. The van der Waals surface area contributed by atoms with Crippen molar-refractivity contribution in [1.82, 2.24) is 14.5 Å². The summed E-state index contributed by atoms with van der Waals surface area (Å²) < 4.78 is 13.1. The zero-order valence-electron chi connectivity index (χ0n) is 21.0. The van der Waals surface area contributed by atoms with E-state index in [-0.39, 0.29) is 11.5 Å². The molecular weight excluding hydrogens is 558 g/mol. The predicted molar refractivity (Wildman–Crippen MR) is 149 cm³/mol. The van der Waals surface area contributed by atoms with Crippen LogP contribution in [0, 0.1) is 0 Å². The van der Waals surface area contributed by atoms with Gasteiger partial charge in [-0.15, -0.1) is 0 Å². The number of aromatic nitrogens is 2. The maximum absolute atomic E-state index is 14.0. The number of nitrogens with zero attached hydrogens (tertiary/aromatic N) is 3. The number of para-hydroxylation sites is 1. The first-order valence-electron chi connectivity index (χ1n) is 11.8. The van der Waals surface area contributed by atoms with Gasteiger partial charge >= 0.3 is 0 Å². The Bertz CT molecular complexity index is 1520. The normalized spacial score (nSPS) is 11.8. The summed E-state index contributed by atoms with van der Waals surface area (Å²) in [5, 5.41) is 0.816. The fourth-order valence-electron chi connectivity index (χ4n) is 4.29. The minimum absolute atomic E-state index is 0.240. The molecule has 3 aromatic carbocycles. The Kier molecular flexibility index (Phi) is 8.19. The number of halogens is 2. The fourth-order valence-corrected chi connectivity index (χ4v) is 5.08. The Balaban J connectivity index is 2.00. The second kappa shape index (κ2) is 11.4. The van der Waals surface area contributed by atoms with Crippen LogP contribution in [0.4, 0.5) is 0 Å². The van der Waals surface area contributed by atoms with Gasteiger partial charge in [0.05, 0.1) is 51.9 Å². The molecule has 9 heteroatoms. The molecule has 1 atom stereocenters. The molecule has 0 aliphatic rings. The topological polar surface area (TPSA) is 73.7 Å². The Morgan fingerprint density at radius 2 is 1.81 bits per heavy atom. The van der Waals surface area contributed by atoms with E-state index in [1.165, 1.54) is 4.57 Å². The second-order valence-electron chi connectivity index (χ2n) is 8.44. The van der Waals surface area contributed by atoms with Gasteiger partial charge in [-0.2, -0.15) is 0 Å². The van der Waals surface area contributed by atoms with Crippen molar-refractivity contribution in [3.05, 3.63) is 91.9 Å². The van der Waals surface area contributed by atoms with Crippen molar-refractivity contribution in [1.29, 1.82) is 0 Å². The Morgan fingerprint density at radius 1 is 1.11 bits per heavy atom. The van der Waals surface area contributed by atoms with Crippen molar-refractivity contribution in [3.8, 4) is 17.2 Å². The molecular formula is C28H27BrClN3O4. The van der Waals surface area contributed by atoms with Gasteiger partial charge in [0.2, 0.25) is 0 Å². The van der Waals surface area contributed by atoms with Gasteiger partial charge in [-0.25, -0.2) is 4.98 Å². The third-order valence-corrected chi connectivity index (χ3v) is 7.29. The van der Waals surface area contributed by atoms with Crippen molar-refractivity contribution in [2.45, 2.75) is 26.3 Å². The zero-order valence-corrected chi connectivity index (χ0v) is 23.3. The first-order valence-corrected chi connectivity index (χ1v) is 13.0. The maximum atomic E-state index is 14.0. The van der Waals surface area contributed by atoms with Crippen LogP contribution in [0.15, 0.2) is 69.9 Å². The third kappa shape index (κ3) is 5.08. The highest BCUT2D eigenvalue weighted by atomic mass is 79.9. The number of fused-ring (bicyclic) bond motifs is 1. The molecule has 0 radical (unpaired) electrons. The summed E-state index contributed by atoms with van der Waals surface area (Å²) in [5.41, 5.74) is 1.15. The lowest BCUT2D eigenvalue weighted by Gasteiger charge is -2.31. The smallest absolute Gasteiger partial charge is 0.266 e. The summed E-state index contributed by atoms with van der Waals surface area (Å²) in [4.78, 5) is 34.3. The van der Waals surface area contributed by atoms with E-state index < -0.39 is 6.04 Å². The molecule has 4 rings (SSSR count). The number of ether oxygens (including phenoxy) is 2. The first-order chi connectivity index (χ1) is 17.8. The van der Waals surface area contributed by atoms with E-state index >= 15 is 0 Å².